The van der Waals surface area contributed by atoms with E-state index in [1.807, 2.05) is 31.2 Å². The summed E-state index contributed by atoms with van der Waals surface area (Å²) in [6, 6.07) is 6.92. The van der Waals surface area contributed by atoms with Gasteiger partial charge in [0.1, 0.15) is 6.04 Å². The number of nitrogens with zero attached hydrogens (tertiary/aromatic N) is 1. The fourth-order valence-corrected chi connectivity index (χ4v) is 2.76. The average Bonchev–Trinajstić information content (AvgIpc) is 2.50. The molecule has 1 aliphatic rings. The monoisotopic (exact) mass is 290 g/mol. The molecule has 0 spiro atoms. The van der Waals surface area contributed by atoms with E-state index >= 15 is 0 Å². The lowest BCUT2D eigenvalue weighted by atomic mass is 9.92. The van der Waals surface area contributed by atoms with Gasteiger partial charge in [0.15, 0.2) is 0 Å². The van der Waals surface area contributed by atoms with Crippen molar-refractivity contribution in [2.45, 2.75) is 38.8 Å². The number of carboxylic acids is 1. The van der Waals surface area contributed by atoms with Crippen molar-refractivity contribution < 1.29 is 14.7 Å². The summed E-state index contributed by atoms with van der Waals surface area (Å²) in [5, 5.41) is 9.41. The van der Waals surface area contributed by atoms with Gasteiger partial charge in [-0.25, -0.2) is 4.79 Å². The quantitative estimate of drug-likeness (QED) is 0.858. The number of benzene rings is 1. The summed E-state index contributed by atoms with van der Waals surface area (Å²) >= 11 is 0. The van der Waals surface area contributed by atoms with Crippen LogP contribution in [0, 0.1) is 5.92 Å². The molecule has 1 aromatic carbocycles. The van der Waals surface area contributed by atoms with Crippen molar-refractivity contribution in [2.75, 3.05) is 6.54 Å². The van der Waals surface area contributed by atoms with Gasteiger partial charge in [-0.3, -0.25) is 4.79 Å². The lowest BCUT2D eigenvalue weighted by molar-refractivity contribution is -0.151. The van der Waals surface area contributed by atoms with E-state index < -0.39 is 12.0 Å². The molecule has 1 amide bonds. The van der Waals surface area contributed by atoms with Gasteiger partial charge in [0.2, 0.25) is 5.91 Å². The van der Waals surface area contributed by atoms with Gasteiger partial charge in [-0.2, -0.15) is 0 Å². The number of nitrogens with two attached hydrogens (primary N) is 1. The maximum Gasteiger partial charge on any atom is 0.326 e. The standard InChI is InChI=1S/C16H22N2O3/c1-2-11(9-17)7-15(19)18-10-13-6-4-3-5-12(13)8-14(18)16(20)21/h3-6,11,14H,2,7-10,17H2,1H3,(H,20,21)/t11?,14-/m0/s1. The van der Waals surface area contributed by atoms with Crippen LogP contribution in [-0.4, -0.2) is 34.5 Å². The number of hydrogen-bond acceptors (Lipinski definition) is 3. The molecule has 1 unspecified atom stereocenters. The maximum atomic E-state index is 12.5. The van der Waals surface area contributed by atoms with E-state index in [4.69, 9.17) is 5.73 Å². The van der Waals surface area contributed by atoms with Crippen LogP contribution in [-0.2, 0) is 22.6 Å². The fraction of sp³-hybridized carbons (Fsp3) is 0.500. The number of hydrogen-bond donors (Lipinski definition) is 2. The lowest BCUT2D eigenvalue weighted by Crippen LogP contribution is -2.49. The third kappa shape index (κ3) is 3.42. The van der Waals surface area contributed by atoms with Crippen LogP contribution >= 0.6 is 0 Å². The van der Waals surface area contributed by atoms with E-state index in [0.717, 1.165) is 17.5 Å². The summed E-state index contributed by atoms with van der Waals surface area (Å²) in [4.78, 5) is 25.4. The highest BCUT2D eigenvalue weighted by atomic mass is 16.4. The Balaban J connectivity index is 2.20. The number of carbonyl (C=O) groups excluding carboxylic acids is 1. The van der Waals surface area contributed by atoms with E-state index in [9.17, 15) is 14.7 Å². The highest BCUT2D eigenvalue weighted by Gasteiger charge is 2.34. The molecule has 114 valence electrons. The minimum Gasteiger partial charge on any atom is -0.480 e. The first-order valence-corrected chi connectivity index (χ1v) is 7.35. The highest BCUT2D eigenvalue weighted by molar-refractivity contribution is 5.84. The molecule has 5 nitrogen and oxygen atoms in total. The first-order valence-electron chi connectivity index (χ1n) is 7.35. The van der Waals surface area contributed by atoms with Gasteiger partial charge in [-0.1, -0.05) is 37.6 Å². The second-order valence-corrected chi connectivity index (χ2v) is 5.56. The minimum absolute atomic E-state index is 0.115. The first-order chi connectivity index (χ1) is 10.1. The summed E-state index contributed by atoms with van der Waals surface area (Å²) in [6.45, 7) is 2.81. The summed E-state index contributed by atoms with van der Waals surface area (Å²) in [6.07, 6.45) is 1.51. The van der Waals surface area contributed by atoms with Crippen LogP contribution in [0.25, 0.3) is 0 Å². The van der Waals surface area contributed by atoms with Crippen molar-refractivity contribution in [3.05, 3.63) is 35.4 Å². The molecule has 0 saturated carbocycles. The Morgan fingerprint density at radius 2 is 2.05 bits per heavy atom. The van der Waals surface area contributed by atoms with E-state index in [0.29, 0.717) is 25.9 Å². The maximum absolute atomic E-state index is 12.5. The zero-order valence-electron chi connectivity index (χ0n) is 12.3. The van der Waals surface area contributed by atoms with Gasteiger partial charge < -0.3 is 15.7 Å². The fourth-order valence-electron chi connectivity index (χ4n) is 2.76. The molecule has 0 saturated heterocycles. The molecule has 5 heteroatoms. The Bertz CT molecular complexity index is 526. The second-order valence-electron chi connectivity index (χ2n) is 5.56. The van der Waals surface area contributed by atoms with Crippen LogP contribution in [0.4, 0.5) is 0 Å². The summed E-state index contributed by atoms with van der Waals surface area (Å²) in [5.74, 6) is -0.947. The molecule has 1 aromatic rings. The van der Waals surface area contributed by atoms with Crippen LogP contribution in [0.15, 0.2) is 24.3 Å². The first kappa shape index (κ1) is 15.5. The topological polar surface area (TPSA) is 83.6 Å². The second kappa shape index (κ2) is 6.72. The van der Waals surface area contributed by atoms with E-state index in [1.165, 1.54) is 4.90 Å². The molecule has 0 aromatic heterocycles. The van der Waals surface area contributed by atoms with Crippen LogP contribution < -0.4 is 5.73 Å². The van der Waals surface area contributed by atoms with Gasteiger partial charge in [0.05, 0.1) is 0 Å². The van der Waals surface area contributed by atoms with E-state index in [-0.39, 0.29) is 11.8 Å². The van der Waals surface area contributed by atoms with Crippen LogP contribution in [0.2, 0.25) is 0 Å². The van der Waals surface area contributed by atoms with Crippen LogP contribution in [0.5, 0.6) is 0 Å². The molecule has 1 aliphatic heterocycles. The van der Waals surface area contributed by atoms with Crippen LogP contribution in [0.1, 0.15) is 30.9 Å². The van der Waals surface area contributed by atoms with Crippen molar-refractivity contribution in [1.29, 1.82) is 0 Å². The normalized spacial score (nSPS) is 19.0. The van der Waals surface area contributed by atoms with Crippen molar-refractivity contribution in [3.63, 3.8) is 0 Å². The molecular formula is C16H22N2O3. The Morgan fingerprint density at radius 3 is 2.62 bits per heavy atom. The predicted molar refractivity (Wildman–Crippen MR) is 79.6 cm³/mol. The molecule has 0 bridgehead atoms. The zero-order valence-corrected chi connectivity index (χ0v) is 12.3. The number of rotatable bonds is 5. The number of carbonyl (C=O) groups is 2. The van der Waals surface area contributed by atoms with Crippen molar-refractivity contribution in [3.8, 4) is 0 Å². The van der Waals surface area contributed by atoms with Crippen molar-refractivity contribution >= 4 is 11.9 Å². The van der Waals surface area contributed by atoms with E-state index in [2.05, 4.69) is 0 Å². The zero-order chi connectivity index (χ0) is 15.4. The molecule has 1 heterocycles. The van der Waals surface area contributed by atoms with Crippen LogP contribution in [0.3, 0.4) is 0 Å². The SMILES string of the molecule is CCC(CN)CC(=O)N1Cc2ccccc2C[C@H]1C(=O)O. The van der Waals surface area contributed by atoms with E-state index in [1.54, 1.807) is 0 Å². The van der Waals surface area contributed by atoms with Gasteiger partial charge in [0, 0.05) is 19.4 Å². The molecular weight excluding hydrogens is 268 g/mol. The summed E-state index contributed by atoms with van der Waals surface area (Å²) in [5.41, 5.74) is 7.69. The van der Waals surface area contributed by atoms with Crippen molar-refractivity contribution in [1.82, 2.24) is 4.90 Å². The van der Waals surface area contributed by atoms with Gasteiger partial charge in [-0.15, -0.1) is 0 Å². The Labute approximate surface area is 124 Å². The minimum atomic E-state index is -0.946. The Morgan fingerprint density at radius 1 is 1.38 bits per heavy atom. The van der Waals surface area contributed by atoms with Gasteiger partial charge in [0.25, 0.3) is 0 Å². The number of aliphatic carboxylic acids is 1. The smallest absolute Gasteiger partial charge is 0.326 e. The van der Waals surface area contributed by atoms with Gasteiger partial charge in [-0.05, 0) is 23.6 Å². The van der Waals surface area contributed by atoms with Gasteiger partial charge >= 0.3 is 5.97 Å². The third-order valence-corrected chi connectivity index (χ3v) is 4.23. The molecule has 0 fully saturated rings. The average molecular weight is 290 g/mol. The molecule has 0 radical (unpaired) electrons. The number of amides is 1. The molecule has 2 atom stereocenters. The van der Waals surface area contributed by atoms with Crippen molar-refractivity contribution in [2.24, 2.45) is 11.7 Å². The third-order valence-electron chi connectivity index (χ3n) is 4.23. The molecule has 3 N–H and O–H groups in total. The molecule has 2 rings (SSSR count). The lowest BCUT2D eigenvalue weighted by Gasteiger charge is -2.35. The number of carboxylic acid groups (broad SMARTS) is 1. The number of fused-ring (bicyclic) bond motifs is 1. The summed E-state index contributed by atoms with van der Waals surface area (Å²) < 4.78 is 0. The largest absolute Gasteiger partial charge is 0.480 e. The highest BCUT2D eigenvalue weighted by Crippen LogP contribution is 2.25. The predicted octanol–water partition coefficient (Wildman–Crippen LogP) is 1.40. The molecule has 0 aliphatic carbocycles. The molecule has 21 heavy (non-hydrogen) atoms. The Kier molecular flexibility index (Phi) is 4.96. The summed E-state index contributed by atoms with van der Waals surface area (Å²) in [7, 11) is 0. The Hall–Kier alpha value is -1.88.